The van der Waals surface area contributed by atoms with E-state index < -0.39 is 0 Å². The van der Waals surface area contributed by atoms with Crippen molar-refractivity contribution < 1.29 is 14.2 Å². The van der Waals surface area contributed by atoms with Gasteiger partial charge in [0.1, 0.15) is 0 Å². The van der Waals surface area contributed by atoms with E-state index in [1.807, 2.05) is 12.1 Å². The number of rotatable bonds is 5. The zero-order chi connectivity index (χ0) is 14.5. The third-order valence-corrected chi connectivity index (χ3v) is 3.58. The maximum atomic E-state index is 5.39. The Kier molecular flexibility index (Phi) is 5.09. The molecule has 0 bridgehead atoms. The molecule has 1 atom stereocenters. The Labute approximate surface area is 120 Å². The van der Waals surface area contributed by atoms with Crippen LogP contribution in [-0.2, 0) is 6.54 Å². The Balaban J connectivity index is 2.19. The molecule has 1 aromatic rings. The molecule has 0 aliphatic carbocycles. The molecular formula is C15H24N2O3. The topological polar surface area (TPSA) is 43.0 Å². The van der Waals surface area contributed by atoms with Crippen molar-refractivity contribution in [2.75, 3.05) is 41.0 Å². The van der Waals surface area contributed by atoms with Gasteiger partial charge in [-0.25, -0.2) is 0 Å². The normalized spacial score (nSPS) is 19.7. The molecule has 1 N–H and O–H groups in total. The molecule has 1 aromatic carbocycles. The van der Waals surface area contributed by atoms with Gasteiger partial charge in [0.15, 0.2) is 11.5 Å². The SMILES string of the molecule is COc1cc(CN2CCNC(C)C2)cc(OC)c1OC. The molecule has 0 radical (unpaired) electrons. The molecule has 1 saturated heterocycles. The minimum Gasteiger partial charge on any atom is -0.493 e. The average molecular weight is 280 g/mol. The van der Waals surface area contributed by atoms with Gasteiger partial charge in [0.2, 0.25) is 5.75 Å². The molecule has 5 heteroatoms. The maximum Gasteiger partial charge on any atom is 0.203 e. The summed E-state index contributed by atoms with van der Waals surface area (Å²) in [6.45, 7) is 6.24. The van der Waals surface area contributed by atoms with E-state index in [9.17, 15) is 0 Å². The maximum absolute atomic E-state index is 5.39. The lowest BCUT2D eigenvalue weighted by atomic mass is 10.1. The summed E-state index contributed by atoms with van der Waals surface area (Å²) in [6, 6.07) is 4.58. The van der Waals surface area contributed by atoms with Crippen LogP contribution in [0.15, 0.2) is 12.1 Å². The highest BCUT2D eigenvalue weighted by Gasteiger charge is 2.18. The van der Waals surface area contributed by atoms with Gasteiger partial charge in [-0.1, -0.05) is 0 Å². The Bertz CT molecular complexity index is 426. The molecular weight excluding hydrogens is 256 g/mol. The number of piperazine rings is 1. The van der Waals surface area contributed by atoms with Crippen LogP contribution in [0, 0.1) is 0 Å². The van der Waals surface area contributed by atoms with Crippen molar-refractivity contribution in [3.05, 3.63) is 17.7 Å². The minimum absolute atomic E-state index is 0.533. The zero-order valence-electron chi connectivity index (χ0n) is 12.7. The van der Waals surface area contributed by atoms with E-state index in [1.54, 1.807) is 21.3 Å². The van der Waals surface area contributed by atoms with E-state index in [0.717, 1.165) is 26.2 Å². The summed E-state index contributed by atoms with van der Waals surface area (Å²) in [6.07, 6.45) is 0. The number of hydrogen-bond acceptors (Lipinski definition) is 5. The molecule has 5 nitrogen and oxygen atoms in total. The number of benzene rings is 1. The van der Waals surface area contributed by atoms with E-state index in [0.29, 0.717) is 23.3 Å². The van der Waals surface area contributed by atoms with Crippen molar-refractivity contribution in [2.45, 2.75) is 19.5 Å². The molecule has 1 aliphatic heterocycles. The minimum atomic E-state index is 0.533. The van der Waals surface area contributed by atoms with Crippen molar-refractivity contribution in [1.29, 1.82) is 0 Å². The van der Waals surface area contributed by atoms with Gasteiger partial charge < -0.3 is 19.5 Å². The lowest BCUT2D eigenvalue weighted by molar-refractivity contribution is 0.199. The molecule has 1 heterocycles. The summed E-state index contributed by atoms with van der Waals surface area (Å²) >= 11 is 0. The van der Waals surface area contributed by atoms with Crippen molar-refractivity contribution in [3.63, 3.8) is 0 Å². The van der Waals surface area contributed by atoms with Gasteiger partial charge in [0.05, 0.1) is 21.3 Å². The fourth-order valence-electron chi connectivity index (χ4n) is 2.64. The number of methoxy groups -OCH3 is 3. The molecule has 0 spiro atoms. The second-order valence-electron chi connectivity index (χ2n) is 5.12. The number of ether oxygens (including phenoxy) is 3. The first-order chi connectivity index (χ1) is 9.67. The van der Waals surface area contributed by atoms with E-state index in [4.69, 9.17) is 14.2 Å². The lowest BCUT2D eigenvalue weighted by Crippen LogP contribution is -2.48. The molecule has 0 amide bonds. The molecule has 0 aromatic heterocycles. The van der Waals surface area contributed by atoms with Crippen molar-refractivity contribution in [1.82, 2.24) is 10.2 Å². The smallest absolute Gasteiger partial charge is 0.203 e. The first-order valence-corrected chi connectivity index (χ1v) is 6.92. The predicted octanol–water partition coefficient (Wildman–Crippen LogP) is 1.51. The monoisotopic (exact) mass is 280 g/mol. The predicted molar refractivity (Wildman–Crippen MR) is 78.8 cm³/mol. The second kappa shape index (κ2) is 6.81. The van der Waals surface area contributed by atoms with Crippen molar-refractivity contribution >= 4 is 0 Å². The van der Waals surface area contributed by atoms with E-state index >= 15 is 0 Å². The lowest BCUT2D eigenvalue weighted by Gasteiger charge is -2.32. The van der Waals surface area contributed by atoms with E-state index in [-0.39, 0.29) is 0 Å². The van der Waals surface area contributed by atoms with Crippen LogP contribution in [-0.4, -0.2) is 51.9 Å². The molecule has 1 fully saturated rings. The first-order valence-electron chi connectivity index (χ1n) is 6.92. The second-order valence-corrected chi connectivity index (χ2v) is 5.12. The Morgan fingerprint density at radius 2 is 1.80 bits per heavy atom. The fourth-order valence-corrected chi connectivity index (χ4v) is 2.64. The van der Waals surface area contributed by atoms with Crippen molar-refractivity contribution in [2.24, 2.45) is 0 Å². The highest BCUT2D eigenvalue weighted by atomic mass is 16.5. The van der Waals surface area contributed by atoms with Crippen LogP contribution in [0.1, 0.15) is 12.5 Å². The van der Waals surface area contributed by atoms with E-state index in [2.05, 4.69) is 17.1 Å². The zero-order valence-corrected chi connectivity index (χ0v) is 12.7. The molecule has 20 heavy (non-hydrogen) atoms. The Morgan fingerprint density at radius 1 is 1.15 bits per heavy atom. The largest absolute Gasteiger partial charge is 0.493 e. The summed E-state index contributed by atoms with van der Waals surface area (Å²) in [5.74, 6) is 2.07. The van der Waals surface area contributed by atoms with Crippen LogP contribution in [0.4, 0.5) is 0 Å². The van der Waals surface area contributed by atoms with Crippen molar-refractivity contribution in [3.8, 4) is 17.2 Å². The standard InChI is InChI=1S/C15H24N2O3/c1-11-9-17(6-5-16-11)10-12-7-13(18-2)15(20-4)14(8-12)19-3/h7-8,11,16H,5-6,9-10H2,1-4H3. The summed E-state index contributed by atoms with van der Waals surface area (Å²) in [5, 5.41) is 3.45. The average Bonchev–Trinajstić information content (AvgIpc) is 2.46. The van der Waals surface area contributed by atoms with Crippen LogP contribution in [0.2, 0.25) is 0 Å². The summed E-state index contributed by atoms with van der Waals surface area (Å²) in [4.78, 5) is 2.43. The third kappa shape index (κ3) is 3.35. The van der Waals surface area contributed by atoms with Gasteiger partial charge in [-0.2, -0.15) is 0 Å². The molecule has 0 saturated carbocycles. The Morgan fingerprint density at radius 3 is 2.30 bits per heavy atom. The molecule has 1 unspecified atom stereocenters. The third-order valence-electron chi connectivity index (χ3n) is 3.58. The Hall–Kier alpha value is -1.46. The van der Waals surface area contributed by atoms with Crippen LogP contribution in [0.5, 0.6) is 17.2 Å². The molecule has 112 valence electrons. The highest BCUT2D eigenvalue weighted by Crippen LogP contribution is 2.38. The van der Waals surface area contributed by atoms with Gasteiger partial charge in [0.25, 0.3) is 0 Å². The van der Waals surface area contributed by atoms with Gasteiger partial charge in [-0.05, 0) is 24.6 Å². The fraction of sp³-hybridized carbons (Fsp3) is 0.600. The number of hydrogen-bond donors (Lipinski definition) is 1. The van der Waals surface area contributed by atoms with E-state index in [1.165, 1.54) is 5.56 Å². The van der Waals surface area contributed by atoms with Crippen LogP contribution >= 0.6 is 0 Å². The van der Waals surface area contributed by atoms with Crippen LogP contribution in [0.3, 0.4) is 0 Å². The summed E-state index contributed by atoms with van der Waals surface area (Å²) in [5.41, 5.74) is 1.17. The van der Waals surface area contributed by atoms with Gasteiger partial charge in [-0.15, -0.1) is 0 Å². The number of nitrogens with one attached hydrogen (secondary N) is 1. The quantitative estimate of drug-likeness (QED) is 0.885. The van der Waals surface area contributed by atoms with Gasteiger partial charge in [0, 0.05) is 32.2 Å². The first kappa shape index (κ1) is 14.9. The molecule has 2 rings (SSSR count). The molecule has 1 aliphatic rings. The summed E-state index contributed by atoms with van der Waals surface area (Å²) < 4.78 is 16.1. The van der Waals surface area contributed by atoms with Crippen LogP contribution in [0.25, 0.3) is 0 Å². The summed E-state index contributed by atoms with van der Waals surface area (Å²) in [7, 11) is 4.92. The van der Waals surface area contributed by atoms with Gasteiger partial charge in [-0.3, -0.25) is 4.90 Å². The van der Waals surface area contributed by atoms with Gasteiger partial charge >= 0.3 is 0 Å². The highest BCUT2D eigenvalue weighted by molar-refractivity contribution is 5.53. The van der Waals surface area contributed by atoms with Crippen LogP contribution < -0.4 is 19.5 Å². The number of nitrogens with zero attached hydrogens (tertiary/aromatic N) is 1.